The number of hydrazone groups is 1. The molecule has 0 unspecified atom stereocenters. The van der Waals surface area contributed by atoms with Gasteiger partial charge in [-0.15, -0.1) is 0 Å². The van der Waals surface area contributed by atoms with Crippen molar-refractivity contribution in [3.05, 3.63) is 58.6 Å². The van der Waals surface area contributed by atoms with Crippen LogP contribution in [0.15, 0.2) is 58.1 Å². The van der Waals surface area contributed by atoms with Crippen LogP contribution in [0.3, 0.4) is 0 Å². The van der Waals surface area contributed by atoms with Crippen LogP contribution in [-0.4, -0.2) is 11.3 Å². The van der Waals surface area contributed by atoms with E-state index in [1.165, 1.54) is 0 Å². The molecule has 0 saturated heterocycles. The average molecular weight is 350 g/mol. The first-order chi connectivity index (χ1) is 9.65. The van der Waals surface area contributed by atoms with Crippen molar-refractivity contribution in [2.75, 3.05) is 0 Å². The highest BCUT2D eigenvalue weighted by Crippen LogP contribution is 2.25. The second kappa shape index (κ2) is 7.02. The van der Waals surface area contributed by atoms with Gasteiger partial charge in [0.1, 0.15) is 11.5 Å². The summed E-state index contributed by atoms with van der Waals surface area (Å²) in [5.74, 6) is 1.44. The maximum absolute atomic E-state index is 5.82. The Morgan fingerprint density at radius 1 is 1.20 bits per heavy atom. The topological polar surface area (TPSA) is 59.6 Å². The summed E-state index contributed by atoms with van der Waals surface area (Å²) in [5, 5.41) is 4.05. The van der Waals surface area contributed by atoms with Crippen molar-refractivity contribution in [2.24, 2.45) is 10.8 Å². The van der Waals surface area contributed by atoms with Crippen molar-refractivity contribution >= 4 is 39.5 Å². The van der Waals surface area contributed by atoms with E-state index in [4.69, 9.17) is 10.5 Å². The molecule has 0 bridgehead atoms. The van der Waals surface area contributed by atoms with Crippen molar-refractivity contribution in [1.82, 2.24) is 5.43 Å². The minimum absolute atomic E-state index is 0.118. The summed E-state index contributed by atoms with van der Waals surface area (Å²) in [6.07, 6.45) is 1.60. The zero-order valence-electron chi connectivity index (χ0n) is 10.4. The van der Waals surface area contributed by atoms with Crippen LogP contribution in [0, 0.1) is 0 Å². The minimum Gasteiger partial charge on any atom is -0.457 e. The van der Waals surface area contributed by atoms with Gasteiger partial charge in [0, 0.05) is 10.0 Å². The molecule has 6 heteroatoms. The SMILES string of the molecule is NC(=S)NN=Cc1ccccc1Oc1ccc(Br)cc1. The molecule has 0 amide bonds. The normalized spacial score (nSPS) is 10.4. The predicted molar refractivity (Wildman–Crippen MR) is 88.2 cm³/mol. The molecule has 2 aromatic carbocycles. The molecular weight excluding hydrogens is 338 g/mol. The summed E-state index contributed by atoms with van der Waals surface area (Å²) in [5.41, 5.74) is 8.63. The monoisotopic (exact) mass is 349 g/mol. The van der Waals surface area contributed by atoms with Gasteiger partial charge in [-0.25, -0.2) is 0 Å². The van der Waals surface area contributed by atoms with Gasteiger partial charge in [-0.05, 0) is 48.6 Å². The number of nitrogens with two attached hydrogens (primary N) is 1. The van der Waals surface area contributed by atoms with Gasteiger partial charge in [0.25, 0.3) is 0 Å². The third-order valence-corrected chi connectivity index (χ3v) is 2.96. The molecule has 2 aromatic rings. The molecule has 0 atom stereocenters. The lowest BCUT2D eigenvalue weighted by Crippen LogP contribution is -2.24. The van der Waals surface area contributed by atoms with Crippen molar-refractivity contribution < 1.29 is 4.74 Å². The predicted octanol–water partition coefficient (Wildman–Crippen LogP) is 3.41. The fourth-order valence-corrected chi connectivity index (χ4v) is 1.79. The number of ether oxygens (including phenoxy) is 1. The second-order valence-corrected chi connectivity index (χ2v) is 5.18. The Morgan fingerprint density at radius 2 is 1.90 bits per heavy atom. The molecular formula is C14H12BrN3OS. The van der Waals surface area contributed by atoms with E-state index in [0.717, 1.165) is 15.8 Å². The van der Waals surface area contributed by atoms with E-state index < -0.39 is 0 Å². The van der Waals surface area contributed by atoms with Gasteiger partial charge in [0.2, 0.25) is 0 Å². The molecule has 0 aromatic heterocycles. The molecule has 0 radical (unpaired) electrons. The van der Waals surface area contributed by atoms with E-state index in [9.17, 15) is 0 Å². The highest BCUT2D eigenvalue weighted by molar-refractivity contribution is 9.10. The van der Waals surface area contributed by atoms with Gasteiger partial charge in [0.15, 0.2) is 5.11 Å². The summed E-state index contributed by atoms with van der Waals surface area (Å²) in [6, 6.07) is 15.1. The third kappa shape index (κ3) is 4.32. The largest absolute Gasteiger partial charge is 0.457 e. The summed E-state index contributed by atoms with van der Waals surface area (Å²) in [7, 11) is 0. The molecule has 0 aliphatic heterocycles. The number of benzene rings is 2. The number of rotatable bonds is 4. The summed E-state index contributed by atoms with van der Waals surface area (Å²) in [6.45, 7) is 0. The molecule has 0 spiro atoms. The Kier molecular flexibility index (Phi) is 5.09. The first-order valence-corrected chi connectivity index (χ1v) is 6.96. The van der Waals surface area contributed by atoms with Crippen LogP contribution in [0.5, 0.6) is 11.5 Å². The van der Waals surface area contributed by atoms with Gasteiger partial charge >= 0.3 is 0 Å². The first-order valence-electron chi connectivity index (χ1n) is 5.76. The summed E-state index contributed by atoms with van der Waals surface area (Å²) in [4.78, 5) is 0. The molecule has 0 fully saturated rings. The number of hydrogen-bond donors (Lipinski definition) is 2. The molecule has 2 rings (SSSR count). The van der Waals surface area contributed by atoms with Gasteiger partial charge in [-0.1, -0.05) is 28.1 Å². The Bertz CT molecular complexity index is 629. The molecule has 3 N–H and O–H groups in total. The Balaban J connectivity index is 2.17. The Morgan fingerprint density at radius 3 is 2.60 bits per heavy atom. The lowest BCUT2D eigenvalue weighted by atomic mass is 10.2. The number of halogens is 1. The Labute approximate surface area is 130 Å². The minimum atomic E-state index is 0.118. The molecule has 0 heterocycles. The highest BCUT2D eigenvalue weighted by atomic mass is 79.9. The van der Waals surface area contributed by atoms with Crippen molar-refractivity contribution in [3.63, 3.8) is 0 Å². The number of hydrogen-bond acceptors (Lipinski definition) is 3. The fourth-order valence-electron chi connectivity index (χ4n) is 1.48. The first kappa shape index (κ1) is 14.5. The van der Waals surface area contributed by atoms with E-state index in [1.54, 1.807) is 6.21 Å². The van der Waals surface area contributed by atoms with Crippen LogP contribution in [-0.2, 0) is 0 Å². The van der Waals surface area contributed by atoms with Gasteiger partial charge in [-0.2, -0.15) is 5.10 Å². The van der Waals surface area contributed by atoms with E-state index >= 15 is 0 Å². The quantitative estimate of drug-likeness (QED) is 0.504. The number of nitrogens with zero attached hydrogens (tertiary/aromatic N) is 1. The number of nitrogens with one attached hydrogen (secondary N) is 1. The van der Waals surface area contributed by atoms with Crippen molar-refractivity contribution in [2.45, 2.75) is 0 Å². The van der Waals surface area contributed by atoms with E-state index in [0.29, 0.717) is 5.75 Å². The standard InChI is InChI=1S/C14H12BrN3OS/c15-11-5-7-12(8-6-11)19-13-4-2-1-3-10(13)9-17-18-14(16)20/h1-9H,(H3,16,18,20). The number of para-hydroxylation sites is 1. The maximum Gasteiger partial charge on any atom is 0.184 e. The highest BCUT2D eigenvalue weighted by Gasteiger charge is 2.02. The van der Waals surface area contributed by atoms with E-state index in [-0.39, 0.29) is 5.11 Å². The van der Waals surface area contributed by atoms with Crippen molar-refractivity contribution in [3.8, 4) is 11.5 Å². The molecule has 4 nitrogen and oxygen atoms in total. The van der Waals surface area contributed by atoms with Crippen LogP contribution in [0.4, 0.5) is 0 Å². The van der Waals surface area contributed by atoms with Crippen molar-refractivity contribution in [1.29, 1.82) is 0 Å². The van der Waals surface area contributed by atoms with E-state index in [1.807, 2.05) is 48.5 Å². The second-order valence-electron chi connectivity index (χ2n) is 3.83. The van der Waals surface area contributed by atoms with Crippen LogP contribution in [0.25, 0.3) is 0 Å². The zero-order valence-corrected chi connectivity index (χ0v) is 12.8. The molecule has 102 valence electrons. The van der Waals surface area contributed by atoms with Crippen LogP contribution in [0.1, 0.15) is 5.56 Å². The molecule has 0 saturated carbocycles. The van der Waals surface area contributed by atoms with E-state index in [2.05, 4.69) is 38.7 Å². The van der Waals surface area contributed by atoms with Gasteiger partial charge in [-0.3, -0.25) is 5.43 Å². The lowest BCUT2D eigenvalue weighted by molar-refractivity contribution is 0.482. The summed E-state index contributed by atoms with van der Waals surface area (Å²) < 4.78 is 6.82. The molecule has 0 aliphatic carbocycles. The Hall–Kier alpha value is -1.92. The van der Waals surface area contributed by atoms with Crippen LogP contribution in [0.2, 0.25) is 0 Å². The maximum atomic E-state index is 5.82. The van der Waals surface area contributed by atoms with Gasteiger partial charge in [0.05, 0.1) is 6.21 Å². The number of thiocarbonyl (C=S) groups is 1. The average Bonchev–Trinajstić information content (AvgIpc) is 2.43. The van der Waals surface area contributed by atoms with Crippen LogP contribution >= 0.6 is 28.1 Å². The smallest absolute Gasteiger partial charge is 0.184 e. The van der Waals surface area contributed by atoms with Crippen LogP contribution < -0.4 is 15.9 Å². The lowest BCUT2D eigenvalue weighted by Gasteiger charge is -2.08. The summed E-state index contributed by atoms with van der Waals surface area (Å²) >= 11 is 8.06. The third-order valence-electron chi connectivity index (χ3n) is 2.34. The fraction of sp³-hybridized carbons (Fsp3) is 0. The molecule has 20 heavy (non-hydrogen) atoms. The molecule has 0 aliphatic rings. The van der Waals surface area contributed by atoms with Gasteiger partial charge < -0.3 is 10.5 Å². The zero-order chi connectivity index (χ0) is 14.4.